The Bertz CT molecular complexity index is 1250. The van der Waals surface area contributed by atoms with Gasteiger partial charge in [-0.1, -0.05) is 18.2 Å². The molecule has 0 bridgehead atoms. The van der Waals surface area contributed by atoms with Gasteiger partial charge >= 0.3 is 0 Å². The molecule has 1 amide bonds. The van der Waals surface area contributed by atoms with Gasteiger partial charge in [-0.25, -0.2) is 12.8 Å². The minimum absolute atomic E-state index is 0.156. The van der Waals surface area contributed by atoms with E-state index in [0.29, 0.717) is 28.6 Å². The van der Waals surface area contributed by atoms with Crippen LogP contribution in [-0.4, -0.2) is 41.4 Å². The van der Waals surface area contributed by atoms with Crippen LogP contribution in [0.15, 0.2) is 66.7 Å². The molecule has 34 heavy (non-hydrogen) atoms. The fraction of sp³-hybridized carbons (Fsp3) is 0.208. The molecule has 0 atom stereocenters. The van der Waals surface area contributed by atoms with Crippen LogP contribution in [0.25, 0.3) is 0 Å². The van der Waals surface area contributed by atoms with Crippen molar-refractivity contribution in [1.82, 2.24) is 0 Å². The fourth-order valence-corrected chi connectivity index (χ4v) is 4.02. The number of halogens is 1. The predicted octanol–water partition coefficient (Wildman–Crippen LogP) is 3.83. The second-order valence-corrected chi connectivity index (χ2v) is 9.16. The molecule has 0 fully saturated rings. The summed E-state index contributed by atoms with van der Waals surface area (Å²) in [5.74, 6) is 0.464. The van der Waals surface area contributed by atoms with Gasteiger partial charge in [0, 0.05) is 11.6 Å². The number of carbonyl (C=O) groups is 1. The molecule has 0 spiro atoms. The maximum Gasteiger partial charge on any atom is 0.262 e. The zero-order valence-corrected chi connectivity index (χ0v) is 19.8. The number of hydrogen-bond acceptors (Lipinski definition) is 6. The van der Waals surface area contributed by atoms with Crippen molar-refractivity contribution in [3.63, 3.8) is 0 Å². The van der Waals surface area contributed by atoms with Crippen LogP contribution >= 0.6 is 0 Å². The lowest BCUT2D eigenvalue weighted by Crippen LogP contribution is -2.29. The first kappa shape index (κ1) is 24.8. The summed E-state index contributed by atoms with van der Waals surface area (Å²) in [7, 11) is -0.676. The predicted molar refractivity (Wildman–Crippen MR) is 128 cm³/mol. The number of ether oxygens (including phenoxy) is 3. The van der Waals surface area contributed by atoms with Crippen LogP contribution in [0.5, 0.6) is 17.2 Å². The van der Waals surface area contributed by atoms with E-state index in [1.807, 2.05) is 0 Å². The average molecular weight is 489 g/mol. The highest BCUT2D eigenvalue weighted by Gasteiger charge is 2.19. The molecular formula is C24H25FN2O6S. The van der Waals surface area contributed by atoms with Gasteiger partial charge in [0.2, 0.25) is 10.0 Å². The summed E-state index contributed by atoms with van der Waals surface area (Å²) < 4.78 is 55.7. The number of carbonyl (C=O) groups excluding carboxylic acids is 1. The van der Waals surface area contributed by atoms with Crippen LogP contribution in [0.4, 0.5) is 15.8 Å². The lowest BCUT2D eigenvalue weighted by molar-refractivity contribution is -0.118. The summed E-state index contributed by atoms with van der Waals surface area (Å²) in [6.45, 7) is -0.443. The van der Waals surface area contributed by atoms with Crippen molar-refractivity contribution in [1.29, 1.82) is 0 Å². The maximum atomic E-state index is 14.0. The number of benzene rings is 3. The quantitative estimate of drug-likeness (QED) is 0.466. The van der Waals surface area contributed by atoms with E-state index in [9.17, 15) is 17.6 Å². The van der Waals surface area contributed by atoms with E-state index in [2.05, 4.69) is 5.32 Å². The molecule has 180 valence electrons. The Kier molecular flexibility index (Phi) is 7.95. The monoisotopic (exact) mass is 488 g/mol. The Labute approximate surface area is 197 Å². The van der Waals surface area contributed by atoms with Crippen LogP contribution in [-0.2, 0) is 21.4 Å². The number of hydrogen-bond donors (Lipinski definition) is 1. The van der Waals surface area contributed by atoms with Crippen molar-refractivity contribution in [2.24, 2.45) is 0 Å². The summed E-state index contributed by atoms with van der Waals surface area (Å²) in [5.41, 5.74) is 1.02. The molecule has 10 heteroatoms. The van der Waals surface area contributed by atoms with E-state index >= 15 is 0 Å². The van der Waals surface area contributed by atoms with Crippen molar-refractivity contribution < 1.29 is 31.8 Å². The lowest BCUT2D eigenvalue weighted by Gasteiger charge is -2.23. The van der Waals surface area contributed by atoms with Gasteiger partial charge in [0.25, 0.3) is 5.91 Å². The van der Waals surface area contributed by atoms with Crippen molar-refractivity contribution >= 4 is 27.3 Å². The largest absolute Gasteiger partial charge is 0.497 e. The average Bonchev–Trinajstić information content (AvgIpc) is 2.82. The van der Waals surface area contributed by atoms with Gasteiger partial charge in [-0.3, -0.25) is 9.10 Å². The number of methoxy groups -OCH3 is 2. The van der Waals surface area contributed by atoms with E-state index in [4.69, 9.17) is 14.2 Å². The molecule has 3 rings (SSSR count). The molecule has 0 aromatic heterocycles. The number of nitrogens with zero attached hydrogens (tertiary/aromatic N) is 1. The molecule has 0 aliphatic heterocycles. The highest BCUT2D eigenvalue weighted by Crippen LogP contribution is 2.29. The number of sulfonamides is 1. The molecule has 0 unspecified atom stereocenters. The molecule has 0 radical (unpaired) electrons. The van der Waals surface area contributed by atoms with E-state index < -0.39 is 21.7 Å². The number of amides is 1. The Hall–Kier alpha value is -3.79. The van der Waals surface area contributed by atoms with E-state index in [1.165, 1.54) is 56.7 Å². The first-order valence-electron chi connectivity index (χ1n) is 10.2. The Morgan fingerprint density at radius 3 is 2.26 bits per heavy atom. The minimum atomic E-state index is -3.68. The van der Waals surface area contributed by atoms with Crippen molar-refractivity contribution in [2.75, 3.05) is 36.7 Å². The first-order chi connectivity index (χ1) is 16.2. The molecule has 0 heterocycles. The molecule has 0 saturated carbocycles. The molecule has 8 nitrogen and oxygen atoms in total. The Morgan fingerprint density at radius 2 is 1.65 bits per heavy atom. The first-order valence-corrected chi connectivity index (χ1v) is 12.0. The molecule has 0 aliphatic carbocycles. The Morgan fingerprint density at radius 1 is 0.971 bits per heavy atom. The van der Waals surface area contributed by atoms with Gasteiger partial charge in [0.1, 0.15) is 23.1 Å². The fourth-order valence-electron chi connectivity index (χ4n) is 3.14. The highest BCUT2D eigenvalue weighted by molar-refractivity contribution is 7.92. The standard InChI is InChI=1S/C24H25FN2O6S/c1-31-20-12-13-23(32-2)22(14-20)26-24(28)16-33-19-10-8-18(9-11-19)27(34(3,29)30)15-17-6-4-5-7-21(17)25/h4-14H,15-16H2,1-3H3,(H,26,28). The summed E-state index contributed by atoms with van der Waals surface area (Å²) in [6.07, 6.45) is 1.05. The third-order valence-corrected chi connectivity index (χ3v) is 5.99. The topological polar surface area (TPSA) is 94.2 Å². The van der Waals surface area contributed by atoms with Crippen LogP contribution in [0.2, 0.25) is 0 Å². The molecule has 0 aliphatic rings. The van der Waals surface area contributed by atoms with Crippen molar-refractivity contribution in [2.45, 2.75) is 6.54 Å². The maximum absolute atomic E-state index is 14.0. The lowest BCUT2D eigenvalue weighted by atomic mass is 10.2. The van der Waals surface area contributed by atoms with Crippen LogP contribution < -0.4 is 23.8 Å². The van der Waals surface area contributed by atoms with Crippen LogP contribution in [0.3, 0.4) is 0 Å². The normalized spacial score (nSPS) is 10.9. The SMILES string of the molecule is COc1ccc(OC)c(NC(=O)COc2ccc(N(Cc3ccccc3F)S(C)(=O)=O)cc2)c1. The highest BCUT2D eigenvalue weighted by atomic mass is 32.2. The zero-order valence-electron chi connectivity index (χ0n) is 18.9. The Balaban J connectivity index is 1.67. The van der Waals surface area contributed by atoms with Crippen molar-refractivity contribution in [3.05, 3.63) is 78.1 Å². The van der Waals surface area contributed by atoms with Crippen LogP contribution in [0, 0.1) is 5.82 Å². The molecular weight excluding hydrogens is 463 g/mol. The van der Waals surface area contributed by atoms with E-state index in [-0.39, 0.29) is 18.7 Å². The van der Waals surface area contributed by atoms with Gasteiger partial charge in [-0.2, -0.15) is 0 Å². The second-order valence-electron chi connectivity index (χ2n) is 7.26. The number of nitrogens with one attached hydrogen (secondary N) is 1. The molecule has 3 aromatic carbocycles. The summed E-state index contributed by atoms with van der Waals surface area (Å²) in [6, 6.07) is 17.1. The van der Waals surface area contributed by atoms with Crippen molar-refractivity contribution in [3.8, 4) is 17.2 Å². The summed E-state index contributed by atoms with van der Waals surface area (Å²) >= 11 is 0. The molecule has 0 saturated heterocycles. The summed E-state index contributed by atoms with van der Waals surface area (Å²) in [4.78, 5) is 12.3. The van der Waals surface area contributed by atoms with Gasteiger partial charge in [0.05, 0.1) is 38.4 Å². The van der Waals surface area contributed by atoms with Crippen LogP contribution in [0.1, 0.15) is 5.56 Å². The zero-order chi connectivity index (χ0) is 24.7. The second kappa shape index (κ2) is 10.9. The molecule has 3 aromatic rings. The number of rotatable bonds is 10. The van der Waals surface area contributed by atoms with Gasteiger partial charge in [-0.15, -0.1) is 0 Å². The third kappa shape index (κ3) is 6.38. The summed E-state index contributed by atoms with van der Waals surface area (Å²) in [5, 5.41) is 2.70. The van der Waals surface area contributed by atoms with Gasteiger partial charge in [0.15, 0.2) is 6.61 Å². The van der Waals surface area contributed by atoms with E-state index in [1.54, 1.807) is 24.3 Å². The minimum Gasteiger partial charge on any atom is -0.497 e. The van der Waals surface area contributed by atoms with E-state index in [0.717, 1.165) is 10.6 Å². The smallest absolute Gasteiger partial charge is 0.262 e. The van der Waals surface area contributed by atoms with Gasteiger partial charge < -0.3 is 19.5 Å². The number of anilines is 2. The third-order valence-electron chi connectivity index (χ3n) is 4.85. The van der Waals surface area contributed by atoms with Gasteiger partial charge in [-0.05, 0) is 42.5 Å². The molecule has 1 N–H and O–H groups in total.